The third-order valence-electron chi connectivity index (χ3n) is 7.95. The highest BCUT2D eigenvalue weighted by Crippen LogP contribution is 2.39. The first kappa shape index (κ1) is 29.9. The van der Waals surface area contributed by atoms with Crippen molar-refractivity contribution in [1.29, 1.82) is 0 Å². The molecule has 2 aromatic rings. The number of nitrogens with zero attached hydrogens (tertiary/aromatic N) is 3. The van der Waals surface area contributed by atoms with Crippen LogP contribution in [0, 0.1) is 18.3 Å². The Kier molecular flexibility index (Phi) is 8.26. The van der Waals surface area contributed by atoms with Crippen molar-refractivity contribution in [3.05, 3.63) is 36.0 Å². The number of rotatable bonds is 7. The van der Waals surface area contributed by atoms with Gasteiger partial charge in [-0.25, -0.2) is 8.42 Å². The molecular weight excluding hydrogens is 532 g/mol. The lowest BCUT2D eigenvalue weighted by atomic mass is 9.85. The van der Waals surface area contributed by atoms with Crippen LogP contribution in [0.15, 0.2) is 30.3 Å². The van der Waals surface area contributed by atoms with Gasteiger partial charge in [0, 0.05) is 30.2 Å². The molecule has 4 rings (SSSR count). The van der Waals surface area contributed by atoms with Crippen LogP contribution in [0.25, 0.3) is 10.9 Å². The summed E-state index contributed by atoms with van der Waals surface area (Å²) in [6.45, 7) is 9.40. The molecule has 3 heterocycles. The largest absolute Gasteiger partial charge is 0.342 e. The Morgan fingerprint density at radius 3 is 2.45 bits per heavy atom. The summed E-state index contributed by atoms with van der Waals surface area (Å²) < 4.78 is 26.9. The van der Waals surface area contributed by atoms with Gasteiger partial charge in [-0.1, -0.05) is 39.0 Å². The van der Waals surface area contributed by atoms with E-state index in [1.54, 1.807) is 24.9 Å². The lowest BCUT2D eigenvalue weighted by molar-refractivity contribution is -0.141. The van der Waals surface area contributed by atoms with Gasteiger partial charge in [-0.2, -0.15) is 4.31 Å². The molecule has 0 radical (unpaired) electrons. The van der Waals surface area contributed by atoms with Crippen LogP contribution in [0.3, 0.4) is 0 Å². The fourth-order valence-corrected chi connectivity index (χ4v) is 6.92. The van der Waals surface area contributed by atoms with E-state index in [9.17, 15) is 22.8 Å². The number of carbonyl (C=O) groups excluding carboxylic acids is 3. The van der Waals surface area contributed by atoms with E-state index in [-0.39, 0.29) is 30.8 Å². The maximum absolute atomic E-state index is 14.1. The molecule has 0 bridgehead atoms. The Labute approximate surface area is 236 Å². The quantitative estimate of drug-likeness (QED) is 0.457. The monoisotopic (exact) mass is 572 g/mol. The van der Waals surface area contributed by atoms with Crippen LogP contribution in [0.1, 0.15) is 39.8 Å². The summed E-state index contributed by atoms with van der Waals surface area (Å²) in [7, 11) is -1.98. The number of amides is 3. The molecule has 12 heteroatoms. The number of anilines is 1. The third-order valence-corrected chi connectivity index (χ3v) is 9.22. The smallest absolute Gasteiger partial charge is 0.246 e. The molecule has 2 aliphatic heterocycles. The van der Waals surface area contributed by atoms with Gasteiger partial charge in [0.15, 0.2) is 0 Å². The fourth-order valence-electron chi connectivity index (χ4n) is 5.76. The van der Waals surface area contributed by atoms with Crippen molar-refractivity contribution in [2.45, 2.75) is 65.2 Å². The molecule has 218 valence electrons. The molecule has 11 nitrogen and oxygen atoms in total. The second-order valence-corrected chi connectivity index (χ2v) is 13.9. The number of para-hydroxylation sites is 1. The molecule has 1 unspecified atom stereocenters. The first-order chi connectivity index (χ1) is 18.6. The van der Waals surface area contributed by atoms with E-state index in [2.05, 4.69) is 20.9 Å². The van der Waals surface area contributed by atoms with E-state index in [1.807, 2.05) is 52.0 Å². The zero-order valence-electron chi connectivity index (χ0n) is 24.2. The summed E-state index contributed by atoms with van der Waals surface area (Å²) >= 11 is 0. The summed E-state index contributed by atoms with van der Waals surface area (Å²) in [5.74, 6) is -1.80. The van der Waals surface area contributed by atoms with Crippen LogP contribution in [0.4, 0.5) is 5.69 Å². The predicted molar refractivity (Wildman–Crippen MR) is 154 cm³/mol. The number of likely N-dealkylation sites (N-methyl/N-ethyl adjacent to an activating group) is 1. The lowest BCUT2D eigenvalue weighted by Crippen LogP contribution is -2.59. The number of hydrogen-bond donors (Lipinski definition) is 3. The topological polar surface area (TPSA) is 141 Å². The van der Waals surface area contributed by atoms with Crippen molar-refractivity contribution >= 4 is 44.3 Å². The molecule has 40 heavy (non-hydrogen) atoms. The van der Waals surface area contributed by atoms with Gasteiger partial charge in [0.05, 0.1) is 35.5 Å². The van der Waals surface area contributed by atoms with Gasteiger partial charge in [0.1, 0.15) is 6.04 Å². The highest BCUT2D eigenvalue weighted by atomic mass is 32.2. The van der Waals surface area contributed by atoms with E-state index in [0.29, 0.717) is 12.1 Å². The Morgan fingerprint density at radius 1 is 1.15 bits per heavy atom. The molecule has 1 aromatic heterocycles. The predicted octanol–water partition coefficient (Wildman–Crippen LogP) is 1.48. The molecular formula is C28H40N6O5S. The van der Waals surface area contributed by atoms with E-state index >= 15 is 0 Å². The first-order valence-corrected chi connectivity index (χ1v) is 15.4. The van der Waals surface area contributed by atoms with Crippen LogP contribution in [-0.4, -0.2) is 90.9 Å². The lowest BCUT2D eigenvalue weighted by Gasteiger charge is -2.37. The SMILES string of the molecule is CN[C@@H](C)C(=O)N[C@H](C(=O)N1CC[C@@H]2C1[C@@H](C(=O)Nc1cc(C)nc3ccccc13)CN2S(C)(=O)=O)C(C)(C)C. The number of benzene rings is 1. The molecule has 5 atom stereocenters. The molecule has 2 fully saturated rings. The normalized spacial score (nSPS) is 23.1. The van der Waals surface area contributed by atoms with E-state index < -0.39 is 45.5 Å². The molecule has 3 amide bonds. The Morgan fingerprint density at radius 2 is 1.82 bits per heavy atom. The van der Waals surface area contributed by atoms with Crippen molar-refractivity contribution in [1.82, 2.24) is 24.8 Å². The second-order valence-electron chi connectivity index (χ2n) is 12.0. The zero-order chi connectivity index (χ0) is 29.6. The minimum absolute atomic E-state index is 0.0326. The van der Waals surface area contributed by atoms with E-state index in [4.69, 9.17) is 0 Å². The highest BCUT2D eigenvalue weighted by molar-refractivity contribution is 7.88. The first-order valence-electron chi connectivity index (χ1n) is 13.6. The van der Waals surface area contributed by atoms with Crippen molar-refractivity contribution < 1.29 is 22.8 Å². The van der Waals surface area contributed by atoms with E-state index in [1.165, 1.54) is 4.31 Å². The number of likely N-dealkylation sites (tertiary alicyclic amines) is 1. The molecule has 1 aromatic carbocycles. The Balaban J connectivity index is 1.68. The van der Waals surface area contributed by atoms with Gasteiger partial charge in [-0.05, 0) is 44.9 Å². The summed E-state index contributed by atoms with van der Waals surface area (Å²) in [6.07, 6.45) is 1.54. The van der Waals surface area contributed by atoms with Crippen molar-refractivity contribution in [2.75, 3.05) is 31.7 Å². The van der Waals surface area contributed by atoms with Crippen molar-refractivity contribution in [3.8, 4) is 0 Å². The number of fused-ring (bicyclic) bond motifs is 2. The molecule has 2 saturated heterocycles. The third kappa shape index (κ3) is 5.84. The molecule has 0 saturated carbocycles. The number of hydrogen-bond acceptors (Lipinski definition) is 7. The summed E-state index contributed by atoms with van der Waals surface area (Å²) in [6, 6.07) is 6.68. The molecule has 3 N–H and O–H groups in total. The number of aryl methyl sites for hydroxylation is 1. The molecule has 0 spiro atoms. The minimum Gasteiger partial charge on any atom is -0.342 e. The van der Waals surface area contributed by atoms with Gasteiger partial charge in [0.2, 0.25) is 27.7 Å². The average Bonchev–Trinajstić information content (AvgIpc) is 3.46. The van der Waals surface area contributed by atoms with Crippen LogP contribution >= 0.6 is 0 Å². The van der Waals surface area contributed by atoms with Crippen LogP contribution in [-0.2, 0) is 24.4 Å². The fraction of sp³-hybridized carbons (Fsp3) is 0.571. The minimum atomic E-state index is -3.64. The van der Waals surface area contributed by atoms with Crippen LogP contribution in [0.5, 0.6) is 0 Å². The van der Waals surface area contributed by atoms with Gasteiger partial charge < -0.3 is 20.9 Å². The highest BCUT2D eigenvalue weighted by Gasteiger charge is 2.56. The van der Waals surface area contributed by atoms with Gasteiger partial charge in [-0.15, -0.1) is 0 Å². The maximum atomic E-state index is 14.1. The summed E-state index contributed by atoms with van der Waals surface area (Å²) in [5, 5.41) is 9.54. The van der Waals surface area contributed by atoms with E-state index in [0.717, 1.165) is 22.9 Å². The molecule has 0 aliphatic carbocycles. The number of aromatic nitrogens is 1. The van der Waals surface area contributed by atoms with Crippen LogP contribution < -0.4 is 16.0 Å². The summed E-state index contributed by atoms with van der Waals surface area (Å²) in [5.41, 5.74) is 1.42. The Hall–Kier alpha value is -3.09. The van der Waals surface area contributed by atoms with Crippen molar-refractivity contribution in [2.24, 2.45) is 11.3 Å². The average molecular weight is 573 g/mol. The van der Waals surface area contributed by atoms with Crippen LogP contribution in [0.2, 0.25) is 0 Å². The number of sulfonamides is 1. The summed E-state index contributed by atoms with van der Waals surface area (Å²) in [4.78, 5) is 46.8. The standard InChI is InChI=1S/C28H40N6O5S/c1-16-14-21(18-10-8-9-11-20(18)30-16)31-26(36)19-15-34(40(7,38)39)22-12-13-33(23(19)22)27(37)24(28(3,4)5)32-25(35)17(2)29-6/h8-11,14,17,19,22-24,29H,12-13,15H2,1-7H3,(H,32,35)(H,30,31,36)/t17-,19-,22+,23?,24+/m0/s1. The number of carbonyl (C=O) groups is 3. The van der Waals surface area contributed by atoms with Gasteiger partial charge in [0.25, 0.3) is 0 Å². The Bertz CT molecular complexity index is 1420. The van der Waals surface area contributed by atoms with Gasteiger partial charge in [-0.3, -0.25) is 19.4 Å². The number of pyridine rings is 1. The second kappa shape index (κ2) is 11.1. The van der Waals surface area contributed by atoms with Gasteiger partial charge >= 0.3 is 0 Å². The maximum Gasteiger partial charge on any atom is 0.246 e. The van der Waals surface area contributed by atoms with Crippen molar-refractivity contribution in [3.63, 3.8) is 0 Å². The molecule has 2 aliphatic rings. The number of nitrogens with one attached hydrogen (secondary N) is 3. The zero-order valence-corrected chi connectivity index (χ0v) is 25.0.